The maximum absolute atomic E-state index is 12.6. The van der Waals surface area contributed by atoms with Crippen LogP contribution in [0.1, 0.15) is 64.5 Å². The maximum atomic E-state index is 12.6. The van der Waals surface area contributed by atoms with Gasteiger partial charge >= 0.3 is 0 Å². The van der Waals surface area contributed by atoms with Gasteiger partial charge in [0.25, 0.3) is 0 Å². The number of amides is 1. The van der Waals surface area contributed by atoms with E-state index in [9.17, 15) is 4.79 Å². The van der Waals surface area contributed by atoms with Crippen LogP contribution in [-0.2, 0) is 11.2 Å². The van der Waals surface area contributed by atoms with Crippen molar-refractivity contribution in [3.05, 3.63) is 48.2 Å². The number of carbonyl (C=O) groups is 1. The summed E-state index contributed by atoms with van der Waals surface area (Å²) in [5.41, 5.74) is 4.20. The maximum Gasteiger partial charge on any atom is 0.224 e. The van der Waals surface area contributed by atoms with Gasteiger partial charge in [-0.3, -0.25) is 9.78 Å². The van der Waals surface area contributed by atoms with E-state index in [2.05, 4.69) is 30.2 Å². The Labute approximate surface area is 192 Å². The monoisotopic (exact) mass is 437 g/mol. The summed E-state index contributed by atoms with van der Waals surface area (Å²) in [7, 11) is 0. The van der Waals surface area contributed by atoms with E-state index >= 15 is 0 Å². The number of aromatic nitrogens is 1. The van der Waals surface area contributed by atoms with Gasteiger partial charge in [0, 0.05) is 23.5 Å². The van der Waals surface area contributed by atoms with Crippen LogP contribution in [-0.4, -0.2) is 35.2 Å². The average molecular weight is 438 g/mol. The SMILES string of the molecule is C=C1CC(CCCC(=O)Nc2cccc3nc(CCCNC(C)CO)ccc23)CC1CC. The molecule has 1 saturated carbocycles. The normalized spacial score (nSPS) is 19.4. The van der Waals surface area contributed by atoms with Crippen LogP contribution in [0.2, 0.25) is 0 Å². The minimum Gasteiger partial charge on any atom is -0.395 e. The van der Waals surface area contributed by atoms with E-state index in [0.29, 0.717) is 18.3 Å². The molecule has 3 N–H and O–H groups in total. The first-order chi connectivity index (χ1) is 15.5. The molecule has 1 aromatic carbocycles. The molecule has 0 radical (unpaired) electrons. The largest absolute Gasteiger partial charge is 0.395 e. The molecular formula is C27H39N3O2. The smallest absolute Gasteiger partial charge is 0.224 e. The van der Waals surface area contributed by atoms with Crippen molar-refractivity contribution in [1.82, 2.24) is 10.3 Å². The van der Waals surface area contributed by atoms with Crippen molar-refractivity contribution < 1.29 is 9.90 Å². The van der Waals surface area contributed by atoms with Gasteiger partial charge < -0.3 is 15.7 Å². The number of benzene rings is 1. The average Bonchev–Trinajstić information content (AvgIpc) is 3.15. The quantitative estimate of drug-likeness (QED) is 0.314. The van der Waals surface area contributed by atoms with Gasteiger partial charge in [0.15, 0.2) is 0 Å². The standard InChI is InChI=1S/C27H39N3O2/c1-4-22-17-21(16-19(22)2)8-5-12-27(32)30-26-11-6-10-25-24(26)14-13-23(29-25)9-7-15-28-20(3)18-31/h6,10-11,13-14,20-22,28,31H,2,4-5,7-9,12,15-18H2,1,3H3,(H,30,32). The van der Waals surface area contributed by atoms with Gasteiger partial charge in [-0.1, -0.05) is 25.1 Å². The summed E-state index contributed by atoms with van der Waals surface area (Å²) in [5, 5.41) is 16.4. The Morgan fingerprint density at radius 1 is 1.28 bits per heavy atom. The van der Waals surface area contributed by atoms with Crippen molar-refractivity contribution in [2.24, 2.45) is 11.8 Å². The Bertz CT molecular complexity index is 911. The Morgan fingerprint density at radius 3 is 2.88 bits per heavy atom. The van der Waals surface area contributed by atoms with Crippen molar-refractivity contribution in [3.8, 4) is 0 Å². The molecule has 0 saturated heterocycles. The number of hydrogen-bond donors (Lipinski definition) is 3. The number of carbonyl (C=O) groups excluding carboxylic acids is 1. The van der Waals surface area contributed by atoms with Gasteiger partial charge in [-0.2, -0.15) is 0 Å². The fourth-order valence-electron chi connectivity index (χ4n) is 4.76. The number of rotatable bonds is 12. The first-order valence-electron chi connectivity index (χ1n) is 12.2. The predicted octanol–water partition coefficient (Wildman–Crippen LogP) is 5.24. The van der Waals surface area contributed by atoms with Gasteiger partial charge in [0.05, 0.1) is 17.8 Å². The summed E-state index contributed by atoms with van der Waals surface area (Å²) in [5.74, 6) is 1.46. The van der Waals surface area contributed by atoms with Crippen molar-refractivity contribution >= 4 is 22.5 Å². The van der Waals surface area contributed by atoms with Gasteiger partial charge in [-0.05, 0) is 94.5 Å². The van der Waals surface area contributed by atoms with Gasteiger partial charge in [0.2, 0.25) is 5.91 Å². The predicted molar refractivity (Wildman–Crippen MR) is 133 cm³/mol. The number of fused-ring (bicyclic) bond motifs is 1. The second-order valence-electron chi connectivity index (χ2n) is 9.33. The van der Waals surface area contributed by atoms with Gasteiger partial charge in [-0.15, -0.1) is 0 Å². The van der Waals surface area contributed by atoms with Crippen molar-refractivity contribution in [3.63, 3.8) is 0 Å². The van der Waals surface area contributed by atoms with Gasteiger partial charge in [0.1, 0.15) is 0 Å². The van der Waals surface area contributed by atoms with Gasteiger partial charge in [-0.25, -0.2) is 0 Å². The summed E-state index contributed by atoms with van der Waals surface area (Å²) in [4.78, 5) is 17.3. The van der Waals surface area contributed by atoms with Crippen molar-refractivity contribution in [1.29, 1.82) is 0 Å². The lowest BCUT2D eigenvalue weighted by Crippen LogP contribution is -2.30. The first kappa shape index (κ1) is 24.4. The molecule has 1 heterocycles. The van der Waals surface area contributed by atoms with E-state index in [1.54, 1.807) is 0 Å². The molecule has 0 spiro atoms. The van der Waals surface area contributed by atoms with Crippen LogP contribution in [0.3, 0.4) is 0 Å². The fraction of sp³-hybridized carbons (Fsp3) is 0.556. The fourth-order valence-corrected chi connectivity index (χ4v) is 4.76. The van der Waals surface area contributed by atoms with Crippen LogP contribution in [0.5, 0.6) is 0 Å². The summed E-state index contributed by atoms with van der Waals surface area (Å²) < 4.78 is 0. The van der Waals surface area contributed by atoms with E-state index in [4.69, 9.17) is 10.1 Å². The first-order valence-corrected chi connectivity index (χ1v) is 12.2. The summed E-state index contributed by atoms with van der Waals surface area (Å²) in [6, 6.07) is 10.1. The van der Waals surface area contributed by atoms with Crippen LogP contribution in [0.4, 0.5) is 5.69 Å². The van der Waals surface area contributed by atoms with E-state index in [-0.39, 0.29) is 18.6 Å². The molecule has 2 aromatic rings. The summed E-state index contributed by atoms with van der Waals surface area (Å²) >= 11 is 0. The third-order valence-corrected chi connectivity index (χ3v) is 6.70. The molecular weight excluding hydrogens is 398 g/mol. The lowest BCUT2D eigenvalue weighted by atomic mass is 9.97. The van der Waals surface area contributed by atoms with Crippen LogP contribution in [0.25, 0.3) is 10.9 Å². The molecule has 1 aliphatic rings. The Balaban J connectivity index is 1.49. The molecule has 1 amide bonds. The number of aliphatic hydroxyl groups is 1. The minimum absolute atomic E-state index is 0.0783. The molecule has 5 heteroatoms. The number of allylic oxidation sites excluding steroid dienone is 1. The third-order valence-electron chi connectivity index (χ3n) is 6.70. The van der Waals surface area contributed by atoms with E-state index < -0.39 is 0 Å². The number of nitrogens with one attached hydrogen (secondary N) is 2. The topological polar surface area (TPSA) is 74.2 Å². The number of pyridine rings is 1. The Hall–Kier alpha value is -2.24. The highest BCUT2D eigenvalue weighted by molar-refractivity contribution is 6.00. The van der Waals surface area contributed by atoms with E-state index in [1.165, 1.54) is 18.4 Å². The highest BCUT2D eigenvalue weighted by Crippen LogP contribution is 2.39. The molecule has 3 rings (SSSR count). The number of anilines is 1. The van der Waals surface area contributed by atoms with E-state index in [0.717, 1.165) is 60.9 Å². The lowest BCUT2D eigenvalue weighted by Gasteiger charge is -2.12. The van der Waals surface area contributed by atoms with Crippen molar-refractivity contribution in [2.75, 3.05) is 18.5 Å². The zero-order valence-corrected chi connectivity index (χ0v) is 19.7. The highest BCUT2D eigenvalue weighted by Gasteiger charge is 2.26. The molecule has 32 heavy (non-hydrogen) atoms. The zero-order valence-electron chi connectivity index (χ0n) is 19.7. The molecule has 1 aliphatic carbocycles. The molecule has 3 unspecified atom stereocenters. The van der Waals surface area contributed by atoms with Crippen molar-refractivity contribution in [2.45, 2.75) is 71.3 Å². The van der Waals surface area contributed by atoms with Crippen LogP contribution in [0, 0.1) is 11.8 Å². The van der Waals surface area contributed by atoms with Crippen LogP contribution < -0.4 is 10.6 Å². The Kier molecular flexibility index (Phi) is 9.24. The second kappa shape index (κ2) is 12.1. The Morgan fingerprint density at radius 2 is 2.12 bits per heavy atom. The minimum atomic E-state index is 0.0783. The van der Waals surface area contributed by atoms with Crippen LogP contribution >= 0.6 is 0 Å². The van der Waals surface area contributed by atoms with Crippen LogP contribution in [0.15, 0.2) is 42.5 Å². The summed E-state index contributed by atoms with van der Waals surface area (Å²) in [6.07, 6.45) is 7.99. The number of aryl methyl sites for hydroxylation is 1. The second-order valence-corrected chi connectivity index (χ2v) is 9.33. The summed E-state index contributed by atoms with van der Waals surface area (Å²) in [6.45, 7) is 9.44. The molecule has 0 bridgehead atoms. The molecule has 3 atom stereocenters. The molecule has 1 aromatic heterocycles. The number of nitrogens with zero attached hydrogens (tertiary/aromatic N) is 1. The van der Waals surface area contributed by atoms with E-state index in [1.807, 2.05) is 31.2 Å². The lowest BCUT2D eigenvalue weighted by molar-refractivity contribution is -0.116. The molecule has 1 fully saturated rings. The number of aliphatic hydroxyl groups excluding tert-OH is 1. The molecule has 174 valence electrons. The zero-order chi connectivity index (χ0) is 22.9. The highest BCUT2D eigenvalue weighted by atomic mass is 16.3. The molecule has 5 nitrogen and oxygen atoms in total. The third kappa shape index (κ3) is 6.88. The number of hydrogen-bond acceptors (Lipinski definition) is 4. The molecule has 0 aliphatic heterocycles.